The van der Waals surface area contributed by atoms with Crippen LogP contribution in [0.3, 0.4) is 0 Å². The number of rotatable bonds is 10. The van der Waals surface area contributed by atoms with Gasteiger partial charge in [0.2, 0.25) is 17.7 Å². The van der Waals surface area contributed by atoms with Crippen LogP contribution in [0.25, 0.3) is 10.1 Å². The summed E-state index contributed by atoms with van der Waals surface area (Å²) in [5, 5.41) is 25.2. The minimum atomic E-state index is -4.88. The summed E-state index contributed by atoms with van der Waals surface area (Å²) in [6, 6.07) is 1.36. The van der Waals surface area contributed by atoms with Gasteiger partial charge in [0.1, 0.15) is 12.1 Å². The molecule has 3 aliphatic rings. The molecular formula is C31H40F2N5O10PS. The first-order valence-electron chi connectivity index (χ1n) is 16.3. The first-order chi connectivity index (χ1) is 23.6. The molecule has 15 nitrogen and oxygen atoms in total. The zero-order chi connectivity index (χ0) is 36.5. The number of β-amino-alcohol motifs (C(OH)–C–C–N with tert-alkyl or cyclic N) is 1. The van der Waals surface area contributed by atoms with Gasteiger partial charge < -0.3 is 44.6 Å². The largest absolute Gasteiger partial charge is 0.465 e. The summed E-state index contributed by atoms with van der Waals surface area (Å²) in [6.07, 6.45) is -1.27. The molecule has 0 saturated carbocycles. The second-order valence-corrected chi connectivity index (χ2v) is 15.5. The number of carbonyl (C=O) groups excluding carboxylic acids is 4. The topological polar surface area (TPSA) is 195 Å². The van der Waals surface area contributed by atoms with Crippen molar-refractivity contribution < 1.29 is 56.6 Å². The summed E-state index contributed by atoms with van der Waals surface area (Å²) in [6.45, 7) is 3.43. The molecule has 50 heavy (non-hydrogen) atoms. The number of fused-ring (bicyclic) bond motifs is 2. The van der Waals surface area contributed by atoms with Crippen LogP contribution in [0.2, 0.25) is 0 Å². The number of hydrogen-bond acceptors (Lipinski definition) is 10. The molecule has 0 spiro atoms. The minimum Gasteiger partial charge on any atom is -0.465 e. The van der Waals surface area contributed by atoms with Crippen molar-refractivity contribution >= 4 is 58.7 Å². The number of amides is 5. The highest BCUT2D eigenvalue weighted by Gasteiger charge is 2.55. The summed E-state index contributed by atoms with van der Waals surface area (Å²) in [5.41, 5.74) is -4.61. The van der Waals surface area contributed by atoms with Crippen LogP contribution in [-0.2, 0) is 33.7 Å². The van der Waals surface area contributed by atoms with E-state index in [4.69, 9.17) is 9.05 Å². The van der Waals surface area contributed by atoms with Gasteiger partial charge in [-0.15, -0.1) is 11.3 Å². The van der Waals surface area contributed by atoms with Crippen LogP contribution in [0.1, 0.15) is 55.3 Å². The van der Waals surface area contributed by atoms with Gasteiger partial charge in [-0.1, -0.05) is 6.07 Å². The van der Waals surface area contributed by atoms with E-state index in [1.54, 1.807) is 0 Å². The molecule has 5 atom stereocenters. The fraction of sp³-hybridized carbons (Fsp3) is 0.581. The number of nitrogens with one attached hydrogen (secondary N) is 2. The number of benzene rings is 1. The Labute approximate surface area is 290 Å². The third-order valence-corrected chi connectivity index (χ3v) is 12.4. The van der Waals surface area contributed by atoms with Gasteiger partial charge in [-0.05, 0) is 56.7 Å². The first kappa shape index (κ1) is 37.6. The molecule has 5 rings (SSSR count). The predicted molar refractivity (Wildman–Crippen MR) is 176 cm³/mol. The third kappa shape index (κ3) is 7.35. The summed E-state index contributed by atoms with van der Waals surface area (Å²) < 4.78 is 54.1. The molecule has 3 saturated heterocycles. The number of halogens is 2. The van der Waals surface area contributed by atoms with Gasteiger partial charge >= 0.3 is 19.4 Å². The molecule has 4 heterocycles. The predicted octanol–water partition coefficient (Wildman–Crippen LogP) is 2.77. The van der Waals surface area contributed by atoms with Crippen molar-refractivity contribution in [3.05, 3.63) is 34.7 Å². The molecule has 274 valence electrons. The number of aliphatic hydroxyl groups is 1. The Morgan fingerprint density at radius 2 is 1.72 bits per heavy atom. The Morgan fingerprint density at radius 1 is 1.02 bits per heavy atom. The zero-order valence-corrected chi connectivity index (χ0v) is 29.4. The molecule has 0 bridgehead atoms. The molecule has 3 aliphatic heterocycles. The van der Waals surface area contributed by atoms with E-state index in [9.17, 15) is 38.8 Å². The summed E-state index contributed by atoms with van der Waals surface area (Å²) >= 11 is 0.976. The standard InChI is InChI=1S/C31H40F2N5O10PS/c1-4-47-49(46,48-5-2)31(32,33)19-6-9-25-18(12-19)13-26(50-25)28(42)35-22-15-36(17(3)39)11-10-20-7-8-23(38(20)29(22)43)27(41)34-21-14-37(30(44)45)16-24(21)40/h6,9,12-13,20-24,40H,4-5,7-8,10-11,14-16H2,1-3H3,(H,34,41)(H,35,42)(H,44,45)/t20-,21+,22+,23+,24+/m1/s1. The molecule has 19 heteroatoms. The molecule has 1 aromatic heterocycles. The van der Waals surface area contributed by atoms with Crippen molar-refractivity contribution in [2.45, 2.75) is 76.0 Å². The quantitative estimate of drug-likeness (QED) is 0.263. The van der Waals surface area contributed by atoms with Crippen molar-refractivity contribution in [3.63, 3.8) is 0 Å². The lowest BCUT2D eigenvalue weighted by molar-refractivity contribution is -0.145. The smallest absolute Gasteiger partial charge is 0.407 e. The number of carboxylic acid groups (broad SMARTS) is 1. The van der Waals surface area contributed by atoms with E-state index in [1.165, 1.54) is 42.7 Å². The number of aliphatic hydroxyl groups excluding tert-OH is 1. The highest BCUT2D eigenvalue weighted by Crippen LogP contribution is 2.67. The van der Waals surface area contributed by atoms with Crippen LogP contribution in [-0.4, -0.2) is 124 Å². The van der Waals surface area contributed by atoms with Crippen LogP contribution in [0.4, 0.5) is 13.6 Å². The summed E-state index contributed by atoms with van der Waals surface area (Å²) in [5.74, 6) is -2.20. The average molecular weight is 744 g/mol. The molecule has 4 N–H and O–H groups in total. The van der Waals surface area contributed by atoms with Gasteiger partial charge in [0.05, 0.1) is 36.8 Å². The maximum absolute atomic E-state index is 15.4. The van der Waals surface area contributed by atoms with Crippen molar-refractivity contribution in [1.82, 2.24) is 25.3 Å². The van der Waals surface area contributed by atoms with E-state index >= 15 is 8.78 Å². The Hall–Kier alpha value is -3.70. The Morgan fingerprint density at radius 3 is 2.34 bits per heavy atom. The Balaban J connectivity index is 1.37. The minimum absolute atomic E-state index is 0.0768. The monoisotopic (exact) mass is 743 g/mol. The van der Waals surface area contributed by atoms with Gasteiger partial charge in [0, 0.05) is 42.9 Å². The highest BCUT2D eigenvalue weighted by molar-refractivity contribution is 7.54. The molecule has 0 radical (unpaired) electrons. The number of hydrogen-bond donors (Lipinski definition) is 4. The van der Waals surface area contributed by atoms with Crippen LogP contribution >= 0.6 is 18.9 Å². The fourth-order valence-corrected chi connectivity index (χ4v) is 9.14. The van der Waals surface area contributed by atoms with Crippen LogP contribution in [0.15, 0.2) is 24.3 Å². The molecule has 1 aromatic carbocycles. The van der Waals surface area contributed by atoms with Crippen molar-refractivity contribution in [2.24, 2.45) is 0 Å². The van der Waals surface area contributed by atoms with Crippen molar-refractivity contribution in [3.8, 4) is 0 Å². The van der Waals surface area contributed by atoms with Gasteiger partial charge in [0.15, 0.2) is 0 Å². The SMILES string of the molecule is CCOP(=O)(OCC)C(F)(F)c1ccc2sc(C(=O)N[C@H]3CN(C(C)=O)CC[C@H]4CC[C@@H](C(=O)N[C@H]5CN(C(=O)O)C[C@@H]5O)N4C3=O)cc2c1. The van der Waals surface area contributed by atoms with Crippen LogP contribution < -0.4 is 10.6 Å². The third-order valence-electron chi connectivity index (χ3n) is 9.16. The lowest BCUT2D eigenvalue weighted by Gasteiger charge is -2.38. The van der Waals surface area contributed by atoms with E-state index in [-0.39, 0.29) is 62.0 Å². The van der Waals surface area contributed by atoms with Crippen molar-refractivity contribution in [2.75, 3.05) is 39.4 Å². The van der Waals surface area contributed by atoms with Gasteiger partial charge in [-0.3, -0.25) is 23.7 Å². The van der Waals surface area contributed by atoms with E-state index in [1.807, 2.05) is 0 Å². The number of carbonyl (C=O) groups is 5. The second kappa shape index (κ2) is 14.9. The number of alkyl halides is 2. The van der Waals surface area contributed by atoms with Gasteiger partial charge in [0.25, 0.3) is 5.91 Å². The fourth-order valence-electron chi connectivity index (χ4n) is 6.66. The van der Waals surface area contributed by atoms with Gasteiger partial charge in [-0.25, -0.2) is 4.79 Å². The van der Waals surface area contributed by atoms with E-state index in [2.05, 4.69) is 10.6 Å². The lowest BCUT2D eigenvalue weighted by Crippen LogP contribution is -2.61. The summed E-state index contributed by atoms with van der Waals surface area (Å²) in [7, 11) is -4.88. The van der Waals surface area contributed by atoms with Crippen molar-refractivity contribution in [1.29, 1.82) is 0 Å². The molecule has 2 aromatic rings. The zero-order valence-electron chi connectivity index (χ0n) is 27.7. The first-order valence-corrected chi connectivity index (χ1v) is 18.6. The molecule has 5 amide bonds. The Bertz CT molecular complexity index is 1700. The highest BCUT2D eigenvalue weighted by atomic mass is 32.1. The summed E-state index contributed by atoms with van der Waals surface area (Å²) in [4.78, 5) is 68.9. The average Bonchev–Trinajstić information content (AvgIpc) is 3.77. The number of likely N-dealkylation sites (tertiary alicyclic amines) is 1. The van der Waals surface area contributed by atoms with Crippen LogP contribution in [0.5, 0.6) is 0 Å². The normalized spacial score (nSPS) is 24.6. The molecule has 0 unspecified atom stereocenters. The van der Waals surface area contributed by atoms with E-state index < -0.39 is 72.9 Å². The number of thiophene rings is 1. The maximum atomic E-state index is 15.4. The number of nitrogens with zero attached hydrogens (tertiary/aromatic N) is 3. The second-order valence-electron chi connectivity index (χ2n) is 12.4. The van der Waals surface area contributed by atoms with Crippen LogP contribution in [0, 0.1) is 0 Å². The molecule has 3 fully saturated rings. The lowest BCUT2D eigenvalue weighted by atomic mass is 10.1. The maximum Gasteiger partial charge on any atom is 0.407 e. The Kier molecular flexibility index (Phi) is 11.2. The van der Waals surface area contributed by atoms with E-state index in [0.717, 1.165) is 28.4 Å². The molecular weight excluding hydrogens is 703 g/mol. The van der Waals surface area contributed by atoms with E-state index in [0.29, 0.717) is 17.5 Å². The molecule has 0 aliphatic carbocycles. The van der Waals surface area contributed by atoms with Gasteiger partial charge in [-0.2, -0.15) is 8.78 Å².